The predicted molar refractivity (Wildman–Crippen MR) is 119 cm³/mol. The van der Waals surface area contributed by atoms with Gasteiger partial charge in [-0.25, -0.2) is 9.37 Å². The van der Waals surface area contributed by atoms with Crippen LogP contribution in [-0.4, -0.2) is 15.8 Å². The summed E-state index contributed by atoms with van der Waals surface area (Å²) in [6.07, 6.45) is 0. The molecule has 8 heteroatoms. The highest BCUT2D eigenvalue weighted by molar-refractivity contribution is 7.19. The SMILES string of the molecule is Cc1ccccc1C(=O)Nc1nc(-c2ccc(F)cc2)c(-c2ccc([N+](=O)[O-])cc2)s1. The van der Waals surface area contributed by atoms with Gasteiger partial charge in [0.25, 0.3) is 11.6 Å². The summed E-state index contributed by atoms with van der Waals surface area (Å²) in [6, 6.07) is 19.2. The zero-order valence-corrected chi connectivity index (χ0v) is 17.2. The lowest BCUT2D eigenvalue weighted by molar-refractivity contribution is -0.384. The average Bonchev–Trinajstić information content (AvgIpc) is 3.18. The number of nitro groups is 1. The average molecular weight is 433 g/mol. The molecule has 3 aromatic carbocycles. The van der Waals surface area contributed by atoms with E-state index in [1.165, 1.54) is 35.6 Å². The molecule has 154 valence electrons. The van der Waals surface area contributed by atoms with Crippen molar-refractivity contribution in [3.63, 3.8) is 0 Å². The molecule has 0 aliphatic rings. The molecule has 1 amide bonds. The number of nitrogens with zero attached hydrogens (tertiary/aromatic N) is 2. The zero-order valence-electron chi connectivity index (χ0n) is 16.3. The smallest absolute Gasteiger partial charge is 0.269 e. The van der Waals surface area contributed by atoms with E-state index in [-0.39, 0.29) is 17.4 Å². The summed E-state index contributed by atoms with van der Waals surface area (Å²) in [5.74, 6) is -0.656. The first-order chi connectivity index (χ1) is 14.9. The minimum atomic E-state index is -0.467. The monoisotopic (exact) mass is 433 g/mol. The first-order valence-corrected chi connectivity index (χ1v) is 10.1. The van der Waals surface area contributed by atoms with E-state index < -0.39 is 4.92 Å². The summed E-state index contributed by atoms with van der Waals surface area (Å²) < 4.78 is 13.4. The van der Waals surface area contributed by atoms with Crippen LogP contribution in [0.4, 0.5) is 15.2 Å². The maximum absolute atomic E-state index is 13.4. The van der Waals surface area contributed by atoms with E-state index in [1.54, 1.807) is 36.4 Å². The number of carbonyl (C=O) groups is 1. The first kappa shape index (κ1) is 20.4. The topological polar surface area (TPSA) is 85.1 Å². The molecule has 0 atom stereocenters. The van der Waals surface area contributed by atoms with Gasteiger partial charge in [0.05, 0.1) is 15.5 Å². The molecular formula is C23H16FN3O3S. The molecule has 0 saturated heterocycles. The van der Waals surface area contributed by atoms with Gasteiger partial charge < -0.3 is 0 Å². The summed E-state index contributed by atoms with van der Waals surface area (Å²) >= 11 is 1.25. The Morgan fingerprint density at radius 2 is 1.65 bits per heavy atom. The third kappa shape index (κ3) is 4.34. The van der Waals surface area contributed by atoms with Crippen LogP contribution in [0.25, 0.3) is 21.7 Å². The van der Waals surface area contributed by atoms with E-state index in [9.17, 15) is 19.3 Å². The fourth-order valence-corrected chi connectivity index (χ4v) is 4.09. The van der Waals surface area contributed by atoms with Crippen molar-refractivity contribution in [2.24, 2.45) is 0 Å². The summed E-state index contributed by atoms with van der Waals surface area (Å²) in [4.78, 5) is 28.5. The number of halogens is 1. The van der Waals surface area contributed by atoms with Crippen molar-refractivity contribution in [3.8, 4) is 21.7 Å². The zero-order chi connectivity index (χ0) is 22.0. The van der Waals surface area contributed by atoms with E-state index in [0.717, 1.165) is 5.56 Å². The Morgan fingerprint density at radius 1 is 1.00 bits per heavy atom. The highest BCUT2D eigenvalue weighted by Gasteiger charge is 2.18. The molecule has 0 spiro atoms. The molecule has 6 nitrogen and oxygen atoms in total. The predicted octanol–water partition coefficient (Wildman–Crippen LogP) is 6.09. The van der Waals surface area contributed by atoms with E-state index in [4.69, 9.17) is 0 Å². The number of benzene rings is 3. The van der Waals surface area contributed by atoms with E-state index in [1.807, 2.05) is 19.1 Å². The number of rotatable bonds is 5. The number of nitro benzene ring substituents is 1. The Hall–Kier alpha value is -3.91. The molecule has 0 radical (unpaired) electrons. The van der Waals surface area contributed by atoms with Crippen LogP contribution in [0.15, 0.2) is 72.8 Å². The number of carbonyl (C=O) groups excluding carboxylic acids is 1. The lowest BCUT2D eigenvalue weighted by Crippen LogP contribution is -2.12. The van der Waals surface area contributed by atoms with Crippen LogP contribution >= 0.6 is 11.3 Å². The number of thiazole rings is 1. The normalized spacial score (nSPS) is 10.6. The summed E-state index contributed by atoms with van der Waals surface area (Å²) in [5, 5.41) is 14.2. The number of aromatic nitrogens is 1. The Labute approximate surface area is 181 Å². The fourth-order valence-electron chi connectivity index (χ4n) is 3.10. The standard InChI is InChI=1S/C23H16FN3O3S/c1-14-4-2-3-5-19(14)22(28)26-23-25-20(15-6-10-17(24)11-7-15)21(31-23)16-8-12-18(13-9-16)27(29)30/h2-13H,1H3,(H,25,26,28). The van der Waals surface area contributed by atoms with E-state index in [0.29, 0.717) is 32.4 Å². The summed E-state index contributed by atoms with van der Waals surface area (Å²) in [7, 11) is 0. The molecule has 1 N–H and O–H groups in total. The van der Waals surface area contributed by atoms with Crippen LogP contribution in [0, 0.1) is 22.9 Å². The molecule has 4 rings (SSSR count). The van der Waals surface area contributed by atoms with Crippen molar-refractivity contribution >= 4 is 28.1 Å². The number of aryl methyl sites for hydroxylation is 1. The van der Waals surface area contributed by atoms with Crippen molar-refractivity contribution in [1.82, 2.24) is 4.98 Å². The number of amides is 1. The summed E-state index contributed by atoms with van der Waals surface area (Å²) in [6.45, 7) is 1.85. The minimum absolute atomic E-state index is 0.0234. The fraction of sp³-hybridized carbons (Fsp3) is 0.0435. The second-order valence-corrected chi connectivity index (χ2v) is 7.78. The molecule has 1 aromatic heterocycles. The van der Waals surface area contributed by atoms with Gasteiger partial charge in [-0.15, -0.1) is 0 Å². The minimum Gasteiger partial charge on any atom is -0.298 e. The van der Waals surface area contributed by atoms with Crippen LogP contribution in [-0.2, 0) is 0 Å². The van der Waals surface area contributed by atoms with Crippen molar-refractivity contribution in [2.75, 3.05) is 5.32 Å². The Balaban J connectivity index is 1.75. The van der Waals surface area contributed by atoms with Gasteiger partial charge in [-0.05, 0) is 60.5 Å². The first-order valence-electron chi connectivity index (χ1n) is 9.31. The molecule has 0 unspecified atom stereocenters. The number of non-ortho nitro benzene ring substituents is 1. The second kappa shape index (κ2) is 8.45. The van der Waals surface area contributed by atoms with Crippen LogP contribution < -0.4 is 5.32 Å². The second-order valence-electron chi connectivity index (χ2n) is 6.78. The maximum atomic E-state index is 13.4. The van der Waals surface area contributed by atoms with Crippen LogP contribution in [0.3, 0.4) is 0 Å². The third-order valence-electron chi connectivity index (χ3n) is 4.70. The number of hydrogen-bond acceptors (Lipinski definition) is 5. The van der Waals surface area contributed by atoms with Gasteiger partial charge in [0, 0.05) is 23.3 Å². The maximum Gasteiger partial charge on any atom is 0.269 e. The van der Waals surface area contributed by atoms with Gasteiger partial charge in [0.2, 0.25) is 0 Å². The van der Waals surface area contributed by atoms with Gasteiger partial charge in [-0.2, -0.15) is 0 Å². The Bertz CT molecular complexity index is 1270. The number of nitrogens with one attached hydrogen (secondary N) is 1. The van der Waals surface area contributed by atoms with Crippen molar-refractivity contribution in [2.45, 2.75) is 6.92 Å². The lowest BCUT2D eigenvalue weighted by atomic mass is 10.1. The third-order valence-corrected chi connectivity index (χ3v) is 5.72. The Morgan fingerprint density at radius 3 is 2.29 bits per heavy atom. The van der Waals surface area contributed by atoms with Gasteiger partial charge in [0.15, 0.2) is 5.13 Å². The van der Waals surface area contributed by atoms with Gasteiger partial charge >= 0.3 is 0 Å². The van der Waals surface area contributed by atoms with Crippen LogP contribution in [0.2, 0.25) is 0 Å². The highest BCUT2D eigenvalue weighted by atomic mass is 32.1. The van der Waals surface area contributed by atoms with E-state index in [2.05, 4.69) is 10.3 Å². The molecule has 0 aliphatic carbocycles. The number of hydrogen-bond donors (Lipinski definition) is 1. The molecule has 31 heavy (non-hydrogen) atoms. The van der Waals surface area contributed by atoms with Gasteiger partial charge in [-0.3, -0.25) is 20.2 Å². The largest absolute Gasteiger partial charge is 0.298 e. The quantitative estimate of drug-likeness (QED) is 0.305. The molecule has 0 bridgehead atoms. The molecule has 4 aromatic rings. The van der Waals surface area contributed by atoms with Crippen molar-refractivity contribution in [1.29, 1.82) is 0 Å². The van der Waals surface area contributed by atoms with Crippen LogP contribution in [0.1, 0.15) is 15.9 Å². The van der Waals surface area contributed by atoms with Crippen molar-refractivity contribution in [3.05, 3.63) is 99.9 Å². The van der Waals surface area contributed by atoms with Gasteiger partial charge in [-0.1, -0.05) is 29.5 Å². The molecular weight excluding hydrogens is 417 g/mol. The van der Waals surface area contributed by atoms with E-state index >= 15 is 0 Å². The Kier molecular flexibility index (Phi) is 5.55. The van der Waals surface area contributed by atoms with Crippen LogP contribution in [0.5, 0.6) is 0 Å². The highest BCUT2D eigenvalue weighted by Crippen LogP contribution is 2.39. The molecule has 1 heterocycles. The van der Waals surface area contributed by atoms with Crippen molar-refractivity contribution < 1.29 is 14.1 Å². The molecule has 0 aliphatic heterocycles. The van der Waals surface area contributed by atoms with Gasteiger partial charge in [0.1, 0.15) is 5.82 Å². The number of anilines is 1. The summed E-state index contributed by atoms with van der Waals surface area (Å²) in [5.41, 5.74) is 3.29. The molecule has 0 fully saturated rings. The molecule has 0 saturated carbocycles. The lowest BCUT2D eigenvalue weighted by Gasteiger charge is -2.04.